The predicted molar refractivity (Wildman–Crippen MR) is 82.9 cm³/mol. The van der Waals surface area contributed by atoms with Crippen LogP contribution in [0.3, 0.4) is 0 Å². The van der Waals surface area contributed by atoms with Gasteiger partial charge in [0.25, 0.3) is 5.69 Å². The summed E-state index contributed by atoms with van der Waals surface area (Å²) in [5, 5.41) is 14.1. The van der Waals surface area contributed by atoms with E-state index in [2.05, 4.69) is 11.4 Å². The largest absolute Gasteiger partial charge is 0.496 e. The van der Waals surface area contributed by atoms with Crippen LogP contribution in [0.25, 0.3) is 0 Å². The van der Waals surface area contributed by atoms with Crippen molar-refractivity contribution in [1.29, 1.82) is 0 Å². The van der Waals surface area contributed by atoms with E-state index in [1.165, 1.54) is 6.07 Å². The Labute approximate surface area is 123 Å². The monoisotopic (exact) mass is 286 g/mol. The first-order chi connectivity index (χ1) is 10.0. The van der Waals surface area contributed by atoms with E-state index in [4.69, 9.17) is 4.74 Å². The molecule has 0 atom stereocenters. The van der Waals surface area contributed by atoms with Gasteiger partial charge in [0.2, 0.25) is 0 Å². The number of nitro benzene ring substituents is 1. The smallest absolute Gasteiger partial charge is 0.272 e. The van der Waals surface area contributed by atoms with Gasteiger partial charge < -0.3 is 10.1 Å². The van der Waals surface area contributed by atoms with E-state index in [-0.39, 0.29) is 10.6 Å². The van der Waals surface area contributed by atoms with Crippen molar-refractivity contribution in [3.63, 3.8) is 0 Å². The number of hydrogen-bond acceptors (Lipinski definition) is 4. The van der Waals surface area contributed by atoms with Crippen molar-refractivity contribution in [1.82, 2.24) is 0 Å². The van der Waals surface area contributed by atoms with Gasteiger partial charge in [-0.05, 0) is 43.2 Å². The standard InChI is InChI=1S/C16H18N2O3/c1-11-9-14(5-6-15(11)18(19)20)17-10-13-4-7-16(21-3)12(2)8-13/h4-9,17H,10H2,1-3H3. The Balaban J connectivity index is 2.08. The molecule has 0 aliphatic carbocycles. The van der Waals surface area contributed by atoms with Crippen LogP contribution in [0.1, 0.15) is 16.7 Å². The van der Waals surface area contributed by atoms with Crippen LogP contribution in [0.4, 0.5) is 11.4 Å². The van der Waals surface area contributed by atoms with Crippen molar-refractivity contribution in [3.8, 4) is 5.75 Å². The van der Waals surface area contributed by atoms with Crippen LogP contribution in [0.2, 0.25) is 0 Å². The Morgan fingerprint density at radius 3 is 2.48 bits per heavy atom. The molecule has 0 saturated heterocycles. The third kappa shape index (κ3) is 3.51. The molecule has 0 aliphatic heterocycles. The highest BCUT2D eigenvalue weighted by Crippen LogP contribution is 2.23. The van der Waals surface area contributed by atoms with Crippen LogP contribution in [0.5, 0.6) is 5.75 Å². The van der Waals surface area contributed by atoms with Gasteiger partial charge in [-0.2, -0.15) is 0 Å². The van der Waals surface area contributed by atoms with Crippen LogP contribution in [0, 0.1) is 24.0 Å². The van der Waals surface area contributed by atoms with Crippen LogP contribution < -0.4 is 10.1 Å². The van der Waals surface area contributed by atoms with Gasteiger partial charge in [-0.3, -0.25) is 10.1 Å². The summed E-state index contributed by atoms with van der Waals surface area (Å²) in [6.45, 7) is 4.39. The van der Waals surface area contributed by atoms with Crippen molar-refractivity contribution in [2.75, 3.05) is 12.4 Å². The quantitative estimate of drug-likeness (QED) is 0.670. The van der Waals surface area contributed by atoms with Gasteiger partial charge in [0.05, 0.1) is 12.0 Å². The van der Waals surface area contributed by atoms with E-state index >= 15 is 0 Å². The van der Waals surface area contributed by atoms with Gasteiger partial charge in [-0.15, -0.1) is 0 Å². The molecule has 5 heteroatoms. The molecule has 0 aromatic heterocycles. The van der Waals surface area contributed by atoms with Gasteiger partial charge in [-0.25, -0.2) is 0 Å². The summed E-state index contributed by atoms with van der Waals surface area (Å²) in [6, 6.07) is 11.0. The Morgan fingerprint density at radius 2 is 1.90 bits per heavy atom. The lowest BCUT2D eigenvalue weighted by atomic mass is 10.1. The van der Waals surface area contributed by atoms with Gasteiger partial charge in [-0.1, -0.05) is 12.1 Å². The van der Waals surface area contributed by atoms with Crippen molar-refractivity contribution >= 4 is 11.4 Å². The highest BCUT2D eigenvalue weighted by molar-refractivity contribution is 5.54. The number of ether oxygens (including phenoxy) is 1. The number of aryl methyl sites for hydroxylation is 2. The summed E-state index contributed by atoms with van der Waals surface area (Å²) in [5.74, 6) is 0.866. The van der Waals surface area contributed by atoms with Gasteiger partial charge in [0.1, 0.15) is 5.75 Å². The zero-order valence-corrected chi connectivity index (χ0v) is 12.3. The molecule has 2 rings (SSSR count). The van der Waals surface area contributed by atoms with E-state index in [9.17, 15) is 10.1 Å². The first kappa shape index (κ1) is 14.8. The van der Waals surface area contributed by atoms with E-state index in [1.54, 1.807) is 26.2 Å². The zero-order valence-electron chi connectivity index (χ0n) is 12.3. The van der Waals surface area contributed by atoms with E-state index in [0.29, 0.717) is 12.1 Å². The average molecular weight is 286 g/mol. The minimum Gasteiger partial charge on any atom is -0.496 e. The highest BCUT2D eigenvalue weighted by Gasteiger charge is 2.10. The van der Waals surface area contributed by atoms with Gasteiger partial charge in [0.15, 0.2) is 0 Å². The second-order valence-corrected chi connectivity index (χ2v) is 4.92. The molecule has 2 aromatic carbocycles. The van der Waals surface area contributed by atoms with Crippen molar-refractivity contribution in [2.45, 2.75) is 20.4 Å². The van der Waals surface area contributed by atoms with E-state index in [0.717, 1.165) is 22.6 Å². The second-order valence-electron chi connectivity index (χ2n) is 4.92. The molecule has 0 heterocycles. The van der Waals surface area contributed by atoms with Crippen molar-refractivity contribution in [3.05, 3.63) is 63.2 Å². The van der Waals surface area contributed by atoms with Crippen LogP contribution in [-0.4, -0.2) is 12.0 Å². The summed E-state index contributed by atoms with van der Waals surface area (Å²) in [4.78, 5) is 10.4. The number of hydrogen-bond donors (Lipinski definition) is 1. The third-order valence-corrected chi connectivity index (χ3v) is 3.35. The SMILES string of the molecule is COc1ccc(CNc2ccc([N+](=O)[O-])c(C)c2)cc1C. The molecular weight excluding hydrogens is 268 g/mol. The molecule has 2 aromatic rings. The summed E-state index contributed by atoms with van der Waals surface area (Å²) < 4.78 is 5.23. The normalized spacial score (nSPS) is 10.2. The maximum atomic E-state index is 10.8. The third-order valence-electron chi connectivity index (χ3n) is 3.35. The number of benzene rings is 2. The summed E-state index contributed by atoms with van der Waals surface area (Å²) >= 11 is 0. The molecule has 5 nitrogen and oxygen atoms in total. The fourth-order valence-electron chi connectivity index (χ4n) is 2.22. The molecule has 0 aliphatic rings. The number of nitro groups is 1. The minimum absolute atomic E-state index is 0.140. The van der Waals surface area contributed by atoms with E-state index in [1.807, 2.05) is 19.1 Å². The average Bonchev–Trinajstić information content (AvgIpc) is 2.45. The highest BCUT2D eigenvalue weighted by atomic mass is 16.6. The molecule has 0 saturated carbocycles. The Kier molecular flexibility index (Phi) is 4.42. The number of nitrogens with one attached hydrogen (secondary N) is 1. The Hall–Kier alpha value is -2.56. The lowest BCUT2D eigenvalue weighted by Crippen LogP contribution is -2.01. The van der Waals surface area contributed by atoms with Crippen LogP contribution in [-0.2, 0) is 6.54 Å². The topological polar surface area (TPSA) is 64.4 Å². The maximum absolute atomic E-state index is 10.8. The van der Waals surface area contributed by atoms with Gasteiger partial charge >= 0.3 is 0 Å². The molecule has 110 valence electrons. The molecular formula is C16H18N2O3. The maximum Gasteiger partial charge on any atom is 0.272 e. The lowest BCUT2D eigenvalue weighted by Gasteiger charge is -2.10. The van der Waals surface area contributed by atoms with Crippen LogP contribution >= 0.6 is 0 Å². The number of methoxy groups -OCH3 is 1. The molecule has 0 spiro atoms. The Morgan fingerprint density at radius 1 is 1.14 bits per heavy atom. The molecule has 0 bridgehead atoms. The van der Waals surface area contributed by atoms with Crippen LogP contribution in [0.15, 0.2) is 36.4 Å². The van der Waals surface area contributed by atoms with Crippen molar-refractivity contribution < 1.29 is 9.66 Å². The fourth-order valence-corrected chi connectivity index (χ4v) is 2.22. The minimum atomic E-state index is -0.369. The number of anilines is 1. The number of rotatable bonds is 5. The zero-order chi connectivity index (χ0) is 15.4. The molecule has 1 N–H and O–H groups in total. The second kappa shape index (κ2) is 6.26. The van der Waals surface area contributed by atoms with Crippen molar-refractivity contribution in [2.24, 2.45) is 0 Å². The Bertz CT molecular complexity index is 669. The lowest BCUT2D eigenvalue weighted by molar-refractivity contribution is -0.385. The molecule has 0 amide bonds. The summed E-state index contributed by atoms with van der Waals surface area (Å²) in [5.41, 5.74) is 3.87. The first-order valence-electron chi connectivity index (χ1n) is 6.63. The van der Waals surface area contributed by atoms with E-state index < -0.39 is 0 Å². The predicted octanol–water partition coefficient (Wildman–Crippen LogP) is 3.83. The molecule has 0 unspecified atom stereocenters. The summed E-state index contributed by atoms with van der Waals surface area (Å²) in [6.07, 6.45) is 0. The fraction of sp³-hybridized carbons (Fsp3) is 0.250. The molecule has 0 radical (unpaired) electrons. The summed E-state index contributed by atoms with van der Waals surface area (Å²) in [7, 11) is 1.65. The first-order valence-corrected chi connectivity index (χ1v) is 6.63. The molecule has 0 fully saturated rings. The number of nitrogens with zero attached hydrogens (tertiary/aromatic N) is 1. The molecule has 21 heavy (non-hydrogen) atoms. The van der Waals surface area contributed by atoms with Gasteiger partial charge in [0, 0.05) is 23.9 Å².